The first-order chi connectivity index (χ1) is 17.2. The lowest BCUT2D eigenvalue weighted by atomic mass is 9.87. The van der Waals surface area contributed by atoms with E-state index in [2.05, 4.69) is 17.0 Å². The molecule has 0 atom stereocenters. The number of methoxy groups -OCH3 is 1. The quantitative estimate of drug-likeness (QED) is 0.470. The van der Waals surface area contributed by atoms with Crippen molar-refractivity contribution in [3.63, 3.8) is 0 Å². The highest BCUT2D eigenvalue weighted by molar-refractivity contribution is 5.76. The van der Waals surface area contributed by atoms with Crippen LogP contribution in [0.15, 0.2) is 42.5 Å². The summed E-state index contributed by atoms with van der Waals surface area (Å²) >= 11 is 0. The van der Waals surface area contributed by atoms with E-state index < -0.39 is 11.7 Å². The summed E-state index contributed by atoms with van der Waals surface area (Å²) < 4.78 is 51.4. The van der Waals surface area contributed by atoms with E-state index in [1.54, 1.807) is 18.1 Å². The summed E-state index contributed by atoms with van der Waals surface area (Å²) in [5, 5.41) is 0. The molecule has 2 aliphatic heterocycles. The minimum Gasteiger partial charge on any atom is -0.383 e. The maximum absolute atomic E-state index is 13.6. The molecular formula is C28H35F3N2O3. The minimum atomic E-state index is -4.46. The number of aryl methyl sites for hydroxylation is 1. The van der Waals surface area contributed by atoms with Gasteiger partial charge in [0.2, 0.25) is 5.91 Å². The van der Waals surface area contributed by atoms with Gasteiger partial charge >= 0.3 is 6.18 Å². The molecule has 2 aromatic rings. The molecule has 1 saturated heterocycles. The van der Waals surface area contributed by atoms with Crippen molar-refractivity contribution >= 4 is 5.91 Å². The standard InChI is InChI=1S/C28H35F3N2O3/c1-27(19-36-20-27)18-33(17-23-6-3-4-9-25(23)28(29,30)31)26(34)11-10-21-7-5-8-22-16-32(14-15-35-2)13-12-24(21)22/h3-9H,10-20H2,1-2H3. The third-order valence-electron chi connectivity index (χ3n) is 7.17. The largest absolute Gasteiger partial charge is 0.416 e. The monoisotopic (exact) mass is 504 g/mol. The van der Waals surface area contributed by atoms with Gasteiger partial charge in [0.15, 0.2) is 0 Å². The van der Waals surface area contributed by atoms with Gasteiger partial charge < -0.3 is 14.4 Å². The van der Waals surface area contributed by atoms with Crippen LogP contribution in [0.3, 0.4) is 0 Å². The number of carbonyl (C=O) groups is 1. The fraction of sp³-hybridized carbons (Fsp3) is 0.536. The molecule has 36 heavy (non-hydrogen) atoms. The van der Waals surface area contributed by atoms with Crippen molar-refractivity contribution in [3.05, 3.63) is 70.3 Å². The highest BCUT2D eigenvalue weighted by Crippen LogP contribution is 2.34. The van der Waals surface area contributed by atoms with E-state index in [-0.39, 0.29) is 29.9 Å². The Bertz CT molecular complexity index is 1050. The zero-order valence-corrected chi connectivity index (χ0v) is 21.1. The molecule has 196 valence electrons. The van der Waals surface area contributed by atoms with Crippen LogP contribution in [0.4, 0.5) is 13.2 Å². The molecule has 0 N–H and O–H groups in total. The summed E-state index contributed by atoms with van der Waals surface area (Å²) in [6.07, 6.45) is -2.71. The molecule has 0 radical (unpaired) electrons. The van der Waals surface area contributed by atoms with Gasteiger partial charge in [-0.3, -0.25) is 9.69 Å². The van der Waals surface area contributed by atoms with E-state index in [0.29, 0.717) is 32.8 Å². The van der Waals surface area contributed by atoms with Crippen LogP contribution in [0.25, 0.3) is 0 Å². The number of hydrogen-bond donors (Lipinski definition) is 0. The Kier molecular flexibility index (Phi) is 8.37. The Balaban J connectivity index is 1.47. The smallest absolute Gasteiger partial charge is 0.383 e. The Labute approximate surface area is 211 Å². The van der Waals surface area contributed by atoms with Gasteiger partial charge in [-0.25, -0.2) is 0 Å². The lowest BCUT2D eigenvalue weighted by Gasteiger charge is -2.42. The van der Waals surface area contributed by atoms with Gasteiger partial charge in [-0.05, 0) is 41.2 Å². The van der Waals surface area contributed by atoms with Gasteiger partial charge in [-0.1, -0.05) is 43.3 Å². The highest BCUT2D eigenvalue weighted by atomic mass is 19.4. The number of alkyl halides is 3. The van der Waals surface area contributed by atoms with Crippen LogP contribution in [-0.2, 0) is 46.4 Å². The van der Waals surface area contributed by atoms with Crippen LogP contribution in [0, 0.1) is 5.41 Å². The van der Waals surface area contributed by atoms with Crippen molar-refractivity contribution in [3.8, 4) is 0 Å². The van der Waals surface area contributed by atoms with Crippen LogP contribution >= 0.6 is 0 Å². The average molecular weight is 505 g/mol. The molecule has 2 heterocycles. The highest BCUT2D eigenvalue weighted by Gasteiger charge is 2.38. The summed E-state index contributed by atoms with van der Waals surface area (Å²) in [6, 6.07) is 11.8. The van der Waals surface area contributed by atoms with Gasteiger partial charge in [0.25, 0.3) is 0 Å². The van der Waals surface area contributed by atoms with Crippen LogP contribution < -0.4 is 0 Å². The van der Waals surface area contributed by atoms with Crippen molar-refractivity contribution in [1.29, 1.82) is 0 Å². The van der Waals surface area contributed by atoms with Crippen molar-refractivity contribution in [2.24, 2.45) is 5.41 Å². The third kappa shape index (κ3) is 6.47. The van der Waals surface area contributed by atoms with E-state index in [0.717, 1.165) is 37.7 Å². The summed E-state index contributed by atoms with van der Waals surface area (Å²) in [6.45, 7) is 6.71. The van der Waals surface area contributed by atoms with Crippen LogP contribution in [0.2, 0.25) is 0 Å². The Morgan fingerprint density at radius 2 is 1.89 bits per heavy atom. The molecule has 0 saturated carbocycles. The van der Waals surface area contributed by atoms with Gasteiger partial charge in [0.05, 0.1) is 25.4 Å². The van der Waals surface area contributed by atoms with E-state index in [9.17, 15) is 18.0 Å². The predicted molar refractivity (Wildman–Crippen MR) is 131 cm³/mol. The fourth-order valence-electron chi connectivity index (χ4n) is 5.17. The van der Waals surface area contributed by atoms with Crippen LogP contribution in [-0.4, -0.2) is 62.3 Å². The Hall–Kier alpha value is -2.42. The van der Waals surface area contributed by atoms with Crippen LogP contribution in [0.1, 0.15) is 41.2 Å². The molecule has 0 spiro atoms. The fourth-order valence-corrected chi connectivity index (χ4v) is 5.17. The van der Waals surface area contributed by atoms with Crippen molar-refractivity contribution < 1.29 is 27.4 Å². The number of hydrogen-bond acceptors (Lipinski definition) is 4. The molecule has 2 aromatic carbocycles. The van der Waals surface area contributed by atoms with Gasteiger partial charge in [0, 0.05) is 51.7 Å². The zero-order valence-electron chi connectivity index (χ0n) is 21.1. The summed E-state index contributed by atoms with van der Waals surface area (Å²) in [4.78, 5) is 17.4. The van der Waals surface area contributed by atoms with E-state index in [1.807, 2.05) is 13.0 Å². The molecule has 2 aliphatic rings. The molecule has 5 nitrogen and oxygen atoms in total. The van der Waals surface area contributed by atoms with Gasteiger partial charge in [-0.15, -0.1) is 0 Å². The van der Waals surface area contributed by atoms with Crippen LogP contribution in [0.5, 0.6) is 0 Å². The van der Waals surface area contributed by atoms with Crippen molar-refractivity contribution in [1.82, 2.24) is 9.80 Å². The molecular weight excluding hydrogens is 469 g/mol. The number of fused-ring (bicyclic) bond motifs is 1. The zero-order chi connectivity index (χ0) is 25.8. The SMILES string of the molecule is COCCN1CCc2c(CCC(=O)N(Cc3ccccc3C(F)(F)F)CC3(C)COC3)cccc2C1. The number of nitrogens with zero attached hydrogens (tertiary/aromatic N) is 2. The number of rotatable bonds is 10. The molecule has 8 heteroatoms. The molecule has 1 fully saturated rings. The Morgan fingerprint density at radius 1 is 1.14 bits per heavy atom. The number of carbonyl (C=O) groups excluding carboxylic acids is 1. The van der Waals surface area contributed by atoms with Gasteiger partial charge in [-0.2, -0.15) is 13.2 Å². The Morgan fingerprint density at radius 3 is 2.58 bits per heavy atom. The summed E-state index contributed by atoms with van der Waals surface area (Å²) in [7, 11) is 1.70. The number of benzene rings is 2. The minimum absolute atomic E-state index is 0.0640. The van der Waals surface area contributed by atoms with Crippen molar-refractivity contribution in [2.75, 3.05) is 46.6 Å². The molecule has 1 amide bonds. The molecule has 0 bridgehead atoms. The van der Waals surface area contributed by atoms with E-state index in [4.69, 9.17) is 9.47 Å². The molecule has 0 aliphatic carbocycles. The second-order valence-corrected chi connectivity index (χ2v) is 10.3. The molecule has 0 unspecified atom stereocenters. The predicted octanol–water partition coefficient (Wildman–Crippen LogP) is 4.71. The number of ether oxygens (including phenoxy) is 2. The first kappa shape index (κ1) is 26.6. The number of halogens is 3. The number of amides is 1. The topological polar surface area (TPSA) is 42.0 Å². The van der Waals surface area contributed by atoms with E-state index in [1.165, 1.54) is 23.3 Å². The second kappa shape index (κ2) is 11.3. The first-order valence-electron chi connectivity index (χ1n) is 12.5. The maximum atomic E-state index is 13.6. The maximum Gasteiger partial charge on any atom is 0.416 e. The second-order valence-electron chi connectivity index (χ2n) is 10.3. The normalized spacial score (nSPS) is 17.4. The molecule has 0 aromatic heterocycles. The lowest BCUT2D eigenvalue weighted by molar-refractivity contribution is -0.147. The summed E-state index contributed by atoms with van der Waals surface area (Å²) in [5.41, 5.74) is 2.93. The van der Waals surface area contributed by atoms with Gasteiger partial charge in [0.1, 0.15) is 0 Å². The average Bonchev–Trinajstić information content (AvgIpc) is 2.84. The lowest BCUT2D eigenvalue weighted by Crippen LogP contribution is -2.50. The van der Waals surface area contributed by atoms with E-state index >= 15 is 0 Å². The third-order valence-corrected chi connectivity index (χ3v) is 7.17. The van der Waals surface area contributed by atoms with Crippen molar-refractivity contribution in [2.45, 2.75) is 45.5 Å². The first-order valence-corrected chi connectivity index (χ1v) is 12.5. The summed E-state index contributed by atoms with van der Waals surface area (Å²) in [5.74, 6) is -0.129. The molecule has 4 rings (SSSR count).